The Hall–Kier alpha value is -3.01. The zero-order valence-electron chi connectivity index (χ0n) is 20.6. The summed E-state index contributed by atoms with van der Waals surface area (Å²) in [5.41, 5.74) is -3.89. The van der Waals surface area contributed by atoms with Crippen LogP contribution < -0.4 is 5.69 Å². The van der Waals surface area contributed by atoms with Crippen molar-refractivity contribution in [1.29, 1.82) is 0 Å². The minimum absolute atomic E-state index is 0.00222. The van der Waals surface area contributed by atoms with Crippen LogP contribution in [0.4, 0.5) is 26.3 Å². The van der Waals surface area contributed by atoms with Crippen LogP contribution in [0.2, 0.25) is 0 Å². The number of aromatic amines is 1. The predicted octanol–water partition coefficient (Wildman–Crippen LogP) is 4.23. The topological polar surface area (TPSA) is 130 Å². The van der Waals surface area contributed by atoms with Gasteiger partial charge in [-0.25, -0.2) is 9.36 Å². The minimum Gasteiger partial charge on any atom is -0.349 e. The Labute approximate surface area is 222 Å². The number of benzene rings is 2. The summed E-state index contributed by atoms with van der Waals surface area (Å²) >= 11 is 0. The highest BCUT2D eigenvalue weighted by atomic mass is 31.2. The number of ether oxygens (including phenoxy) is 2. The Morgan fingerprint density at radius 1 is 1.10 bits per heavy atom. The third-order valence-electron chi connectivity index (χ3n) is 6.12. The first-order chi connectivity index (χ1) is 18.5. The summed E-state index contributed by atoms with van der Waals surface area (Å²) in [5.74, 6) is -0.101. The molecule has 0 radical (unpaired) electrons. The van der Waals surface area contributed by atoms with E-state index in [9.17, 15) is 45.5 Å². The van der Waals surface area contributed by atoms with Crippen molar-refractivity contribution in [3.63, 3.8) is 0 Å². The molecular weight excluding hydrogens is 573 g/mol. The molecule has 10 nitrogen and oxygen atoms in total. The van der Waals surface area contributed by atoms with Crippen LogP contribution in [-0.4, -0.2) is 48.7 Å². The highest BCUT2D eigenvalue weighted by Crippen LogP contribution is 2.40. The van der Waals surface area contributed by atoms with E-state index >= 15 is 0 Å². The van der Waals surface area contributed by atoms with Crippen molar-refractivity contribution in [2.75, 3.05) is 13.2 Å². The van der Waals surface area contributed by atoms with Crippen LogP contribution in [0.5, 0.6) is 0 Å². The number of alkyl halides is 6. The molecule has 1 aliphatic heterocycles. The van der Waals surface area contributed by atoms with Crippen LogP contribution in [0.15, 0.2) is 53.3 Å². The number of hydrogen-bond acceptors (Lipinski definition) is 6. The number of nitrogens with one attached hydrogen (secondary N) is 1. The molecule has 1 aliphatic rings. The first-order valence-electron chi connectivity index (χ1n) is 11.6. The summed E-state index contributed by atoms with van der Waals surface area (Å²) < 4.78 is 103. The van der Waals surface area contributed by atoms with E-state index in [1.165, 1.54) is 6.92 Å². The first kappa shape index (κ1) is 30.0. The molecule has 3 aromatic rings. The standard InChI is InChI=1S/C23H23F6N4O6P/c1-13(15-9-16(22(24,25)26)11-17(10-15)23(27,28)29)39-20-19(14-5-3-2-4-6-14)32(7-8-38-20)12-18-30-21(34)33(31-18)40(35,36)37/h2-6,9-11,13,19-20H,7-8,12H2,1H3,(H,30,31,34)(H2,35,36,37)/t13-,19+,20+/m1/s1. The van der Waals surface area contributed by atoms with Crippen molar-refractivity contribution in [2.45, 2.75) is 44.3 Å². The van der Waals surface area contributed by atoms with Gasteiger partial charge in [0.15, 0.2) is 6.29 Å². The van der Waals surface area contributed by atoms with Gasteiger partial charge in [-0.1, -0.05) is 30.3 Å². The molecule has 17 heteroatoms. The van der Waals surface area contributed by atoms with Gasteiger partial charge in [-0.05, 0) is 36.2 Å². The normalized spacial score (nSPS) is 20.0. The quantitative estimate of drug-likeness (QED) is 0.273. The molecule has 1 aromatic heterocycles. The number of hydrogen-bond donors (Lipinski definition) is 3. The molecular formula is C23H23F6N4O6P. The van der Waals surface area contributed by atoms with Gasteiger partial charge >= 0.3 is 25.8 Å². The van der Waals surface area contributed by atoms with Crippen LogP contribution in [0, 0.1) is 0 Å². The van der Waals surface area contributed by atoms with Crippen molar-refractivity contribution in [3.8, 4) is 0 Å². The van der Waals surface area contributed by atoms with Crippen LogP contribution in [0.25, 0.3) is 0 Å². The van der Waals surface area contributed by atoms with Gasteiger partial charge in [0.25, 0.3) is 0 Å². The maximum absolute atomic E-state index is 13.4. The smallest absolute Gasteiger partial charge is 0.349 e. The monoisotopic (exact) mass is 596 g/mol. The fourth-order valence-corrected chi connectivity index (χ4v) is 4.80. The number of morpholine rings is 1. The predicted molar refractivity (Wildman–Crippen MR) is 126 cm³/mol. The van der Waals surface area contributed by atoms with Gasteiger partial charge in [0.05, 0.1) is 36.4 Å². The lowest BCUT2D eigenvalue weighted by Crippen LogP contribution is -2.46. The zero-order chi connectivity index (χ0) is 29.5. The molecule has 3 atom stereocenters. The summed E-state index contributed by atoms with van der Waals surface area (Å²) in [5, 5.41) is 3.65. The average Bonchev–Trinajstić information content (AvgIpc) is 3.24. The Morgan fingerprint density at radius 2 is 1.70 bits per heavy atom. The number of halogens is 6. The lowest BCUT2D eigenvalue weighted by Gasteiger charge is -2.41. The molecule has 3 N–H and O–H groups in total. The SMILES string of the molecule is C[C@@H](O[C@@H]1OCCN(Cc2nn(P(=O)(O)O)c(=O)[nH]2)[C@H]1c1ccccc1)c1cc(C(F)(F)F)cc(C(F)(F)F)c1. The number of aromatic nitrogens is 3. The molecule has 2 heterocycles. The summed E-state index contributed by atoms with van der Waals surface area (Å²) in [7, 11) is -5.03. The second-order valence-corrected chi connectivity index (χ2v) is 10.4. The molecule has 0 spiro atoms. The van der Waals surface area contributed by atoms with Crippen LogP contribution in [-0.2, 0) is 32.9 Å². The van der Waals surface area contributed by atoms with E-state index in [2.05, 4.69) is 10.1 Å². The highest BCUT2D eigenvalue weighted by molar-refractivity contribution is 7.49. The number of rotatable bonds is 7. The molecule has 4 rings (SSSR count). The molecule has 218 valence electrons. The summed E-state index contributed by atoms with van der Waals surface area (Å²) in [6, 6.07) is 8.87. The van der Waals surface area contributed by atoms with Crippen LogP contribution >= 0.6 is 7.75 Å². The fourth-order valence-electron chi connectivity index (χ4n) is 4.29. The molecule has 0 saturated carbocycles. The zero-order valence-corrected chi connectivity index (χ0v) is 21.5. The van der Waals surface area contributed by atoms with Crippen molar-refractivity contribution in [3.05, 3.63) is 87.1 Å². The van der Waals surface area contributed by atoms with Crippen molar-refractivity contribution in [2.24, 2.45) is 0 Å². The molecule has 0 unspecified atom stereocenters. The second kappa shape index (κ2) is 11.1. The van der Waals surface area contributed by atoms with Gasteiger partial charge in [-0.3, -0.25) is 9.88 Å². The largest absolute Gasteiger partial charge is 0.454 e. The Morgan fingerprint density at radius 3 is 2.23 bits per heavy atom. The van der Waals surface area contributed by atoms with E-state index < -0.39 is 55.4 Å². The van der Waals surface area contributed by atoms with Gasteiger partial charge in [0.2, 0.25) is 0 Å². The molecule has 0 bridgehead atoms. The highest BCUT2D eigenvalue weighted by Gasteiger charge is 2.39. The molecule has 0 amide bonds. The first-order valence-corrected chi connectivity index (χ1v) is 13.2. The summed E-state index contributed by atoms with van der Waals surface area (Å²) in [6.45, 7) is 1.36. The van der Waals surface area contributed by atoms with Gasteiger partial charge in [0.1, 0.15) is 5.82 Å². The van der Waals surface area contributed by atoms with Crippen molar-refractivity contribution >= 4 is 7.75 Å². The Bertz CT molecular complexity index is 1410. The molecule has 1 fully saturated rings. The van der Waals surface area contributed by atoms with Crippen molar-refractivity contribution in [1.82, 2.24) is 19.4 Å². The van der Waals surface area contributed by atoms with Crippen molar-refractivity contribution < 1.29 is 50.2 Å². The van der Waals surface area contributed by atoms with Gasteiger partial charge in [-0.15, -0.1) is 9.55 Å². The van der Waals surface area contributed by atoms with E-state index in [4.69, 9.17) is 9.47 Å². The molecule has 0 aliphatic carbocycles. The van der Waals surface area contributed by atoms with Crippen LogP contribution in [0.1, 0.15) is 47.1 Å². The lowest BCUT2D eigenvalue weighted by molar-refractivity contribution is -0.231. The summed E-state index contributed by atoms with van der Waals surface area (Å²) in [6.07, 6.45) is -12.6. The Kier molecular flexibility index (Phi) is 8.32. The van der Waals surface area contributed by atoms with E-state index in [0.717, 1.165) is 0 Å². The van der Waals surface area contributed by atoms with E-state index in [-0.39, 0.29) is 41.6 Å². The van der Waals surface area contributed by atoms with Gasteiger partial charge in [0, 0.05) is 6.54 Å². The third-order valence-corrected chi connectivity index (χ3v) is 6.88. The van der Waals surface area contributed by atoms with Crippen LogP contribution in [0.3, 0.4) is 0 Å². The van der Waals surface area contributed by atoms with E-state index in [0.29, 0.717) is 17.7 Å². The Balaban J connectivity index is 1.66. The number of nitrogens with zero attached hydrogens (tertiary/aromatic N) is 3. The third kappa shape index (κ3) is 6.82. The average molecular weight is 596 g/mol. The van der Waals surface area contributed by atoms with E-state index in [1.54, 1.807) is 35.2 Å². The fraction of sp³-hybridized carbons (Fsp3) is 0.391. The van der Waals surface area contributed by atoms with E-state index in [1.807, 2.05) is 0 Å². The van der Waals surface area contributed by atoms with Gasteiger partial charge < -0.3 is 19.3 Å². The maximum atomic E-state index is 13.4. The second-order valence-electron chi connectivity index (χ2n) is 8.96. The number of H-pyrrole nitrogens is 1. The molecule has 40 heavy (non-hydrogen) atoms. The van der Waals surface area contributed by atoms with Gasteiger partial charge in [-0.2, -0.15) is 26.3 Å². The summed E-state index contributed by atoms with van der Waals surface area (Å²) in [4.78, 5) is 34.5. The lowest BCUT2D eigenvalue weighted by atomic mass is 10.0. The maximum Gasteiger partial charge on any atom is 0.454 e. The molecule has 1 saturated heterocycles. The molecule has 2 aromatic carbocycles. The minimum atomic E-state index is -5.03.